The Morgan fingerprint density at radius 2 is 1.94 bits per heavy atom. The zero-order valence-corrected chi connectivity index (χ0v) is 9.86. The van der Waals surface area contributed by atoms with Crippen molar-refractivity contribution in [2.75, 3.05) is 7.11 Å². The molecule has 0 saturated carbocycles. The molecule has 0 unspecified atom stereocenters. The van der Waals surface area contributed by atoms with Crippen LogP contribution in [0.15, 0.2) is 72.8 Å². The molecule has 0 aromatic carbocycles. The minimum Gasteiger partial charge on any atom is -0.512 e. The third-order valence-corrected chi connectivity index (χ3v) is 1.90. The molecule has 0 heterocycles. The van der Waals surface area contributed by atoms with E-state index in [-0.39, 0.29) is 5.76 Å². The van der Waals surface area contributed by atoms with Crippen molar-refractivity contribution in [1.29, 1.82) is 0 Å². The van der Waals surface area contributed by atoms with Crippen molar-refractivity contribution in [2.45, 2.75) is 6.92 Å². The van der Waals surface area contributed by atoms with Gasteiger partial charge in [0, 0.05) is 5.57 Å². The van der Waals surface area contributed by atoms with Crippen LogP contribution < -0.4 is 0 Å². The Bertz CT molecular complexity index is 364. The van der Waals surface area contributed by atoms with Crippen LogP contribution in [-0.2, 0) is 4.74 Å². The van der Waals surface area contributed by atoms with Crippen molar-refractivity contribution in [3.05, 3.63) is 72.8 Å². The van der Waals surface area contributed by atoms with Crippen LogP contribution in [-0.4, -0.2) is 12.2 Å². The molecule has 2 nitrogen and oxygen atoms in total. The topological polar surface area (TPSA) is 29.5 Å². The van der Waals surface area contributed by atoms with Gasteiger partial charge in [-0.25, -0.2) is 0 Å². The maximum atomic E-state index is 9.56. The lowest BCUT2D eigenvalue weighted by atomic mass is 10.0. The van der Waals surface area contributed by atoms with Gasteiger partial charge in [-0.15, -0.1) is 0 Å². The average molecular weight is 218 g/mol. The predicted molar refractivity (Wildman–Crippen MR) is 69.1 cm³/mol. The Morgan fingerprint density at radius 3 is 2.31 bits per heavy atom. The summed E-state index contributed by atoms with van der Waals surface area (Å²) < 4.78 is 4.95. The summed E-state index contributed by atoms with van der Waals surface area (Å²) in [5.74, 6) is 0.703. The second-order valence-corrected chi connectivity index (χ2v) is 3.07. The van der Waals surface area contributed by atoms with E-state index in [0.717, 1.165) is 5.57 Å². The molecule has 0 aliphatic carbocycles. The molecule has 0 atom stereocenters. The molecule has 0 bridgehead atoms. The number of methoxy groups -OCH3 is 1. The summed E-state index contributed by atoms with van der Waals surface area (Å²) >= 11 is 0. The number of hydrogen-bond donors (Lipinski definition) is 1. The molecule has 0 aliphatic rings. The minimum atomic E-state index is 0.202. The quantitative estimate of drug-likeness (QED) is 0.542. The largest absolute Gasteiger partial charge is 0.512 e. The first-order chi connectivity index (χ1) is 7.56. The van der Waals surface area contributed by atoms with E-state index >= 15 is 0 Å². The standard InChI is InChI=1S/C14H18O2/c1-6-8-9-14(12(4)15)13(7-2)10-11(3)16-5/h6-10,15H,1-3H2,4-5H3/b9-8-,13-10-,14-12+. The van der Waals surface area contributed by atoms with Crippen molar-refractivity contribution in [2.24, 2.45) is 0 Å². The van der Waals surface area contributed by atoms with E-state index in [1.807, 2.05) is 0 Å². The molecule has 0 spiro atoms. The Kier molecular flexibility index (Phi) is 6.45. The van der Waals surface area contributed by atoms with Gasteiger partial charge in [-0.3, -0.25) is 0 Å². The summed E-state index contributed by atoms with van der Waals surface area (Å²) in [5.41, 5.74) is 1.40. The maximum Gasteiger partial charge on any atom is 0.112 e. The van der Waals surface area contributed by atoms with Crippen LogP contribution >= 0.6 is 0 Å². The number of hydrogen-bond acceptors (Lipinski definition) is 2. The summed E-state index contributed by atoms with van der Waals surface area (Å²) in [6.07, 6.45) is 8.46. The molecule has 0 aromatic rings. The number of rotatable bonds is 6. The summed E-state index contributed by atoms with van der Waals surface area (Å²) in [4.78, 5) is 0. The summed E-state index contributed by atoms with van der Waals surface area (Å²) in [6.45, 7) is 12.6. The highest BCUT2D eigenvalue weighted by Gasteiger charge is 2.03. The van der Waals surface area contributed by atoms with Gasteiger partial charge in [-0.05, 0) is 18.6 Å². The molecule has 1 N–H and O–H groups in total. The summed E-state index contributed by atoms with van der Waals surface area (Å²) in [5, 5.41) is 9.56. The highest BCUT2D eigenvalue weighted by atomic mass is 16.5. The SMILES string of the molecule is C=C\C=C/C(C(/C=C)=C\C(=C)OC)=C(/C)O. The number of aliphatic hydroxyl groups excluding tert-OH is 1. The molecule has 0 aromatic heterocycles. The Labute approximate surface area is 97.3 Å². The molecule has 0 radical (unpaired) electrons. The van der Waals surface area contributed by atoms with E-state index in [1.165, 1.54) is 7.11 Å². The van der Waals surface area contributed by atoms with E-state index in [9.17, 15) is 5.11 Å². The maximum absolute atomic E-state index is 9.56. The molecule has 0 saturated heterocycles. The van der Waals surface area contributed by atoms with Gasteiger partial charge in [0.2, 0.25) is 0 Å². The van der Waals surface area contributed by atoms with Gasteiger partial charge in [-0.1, -0.05) is 44.0 Å². The minimum absolute atomic E-state index is 0.202. The van der Waals surface area contributed by atoms with E-state index in [4.69, 9.17) is 4.74 Å². The molecular weight excluding hydrogens is 200 g/mol. The Morgan fingerprint density at radius 1 is 1.31 bits per heavy atom. The number of aliphatic hydroxyl groups is 1. The third-order valence-electron chi connectivity index (χ3n) is 1.90. The van der Waals surface area contributed by atoms with Crippen molar-refractivity contribution >= 4 is 0 Å². The highest BCUT2D eigenvalue weighted by molar-refractivity contribution is 5.49. The van der Waals surface area contributed by atoms with Crippen molar-refractivity contribution in [3.8, 4) is 0 Å². The Balaban J connectivity index is 5.34. The molecule has 0 aliphatic heterocycles. The second-order valence-electron chi connectivity index (χ2n) is 3.07. The van der Waals surface area contributed by atoms with Gasteiger partial charge in [-0.2, -0.15) is 0 Å². The normalized spacial score (nSPS) is 13.2. The van der Waals surface area contributed by atoms with E-state index in [1.54, 1.807) is 37.3 Å². The van der Waals surface area contributed by atoms with Gasteiger partial charge >= 0.3 is 0 Å². The summed E-state index contributed by atoms with van der Waals surface area (Å²) in [7, 11) is 1.54. The monoisotopic (exact) mass is 218 g/mol. The number of ether oxygens (including phenoxy) is 1. The average Bonchev–Trinajstić information content (AvgIpc) is 2.27. The lowest BCUT2D eigenvalue weighted by Crippen LogP contribution is -1.90. The van der Waals surface area contributed by atoms with Crippen LogP contribution in [0.3, 0.4) is 0 Å². The van der Waals surface area contributed by atoms with Crippen molar-refractivity contribution in [1.82, 2.24) is 0 Å². The lowest BCUT2D eigenvalue weighted by Gasteiger charge is -2.06. The van der Waals surface area contributed by atoms with Crippen molar-refractivity contribution < 1.29 is 9.84 Å². The van der Waals surface area contributed by atoms with E-state index < -0.39 is 0 Å². The van der Waals surface area contributed by atoms with E-state index in [2.05, 4.69) is 19.7 Å². The Hall–Kier alpha value is -1.96. The molecular formula is C14H18O2. The lowest BCUT2D eigenvalue weighted by molar-refractivity contribution is 0.308. The molecule has 0 amide bonds. The first kappa shape index (κ1) is 14.0. The van der Waals surface area contributed by atoms with Gasteiger partial charge in [0.15, 0.2) is 0 Å². The van der Waals surface area contributed by atoms with Crippen molar-refractivity contribution in [3.63, 3.8) is 0 Å². The van der Waals surface area contributed by atoms with Crippen LogP contribution in [0.5, 0.6) is 0 Å². The summed E-state index contributed by atoms with van der Waals surface area (Å²) in [6, 6.07) is 0. The third kappa shape index (κ3) is 4.51. The van der Waals surface area contributed by atoms with Gasteiger partial charge in [0.25, 0.3) is 0 Å². The molecule has 16 heavy (non-hydrogen) atoms. The van der Waals surface area contributed by atoms with Crippen LogP contribution in [0.1, 0.15) is 6.92 Å². The van der Waals surface area contributed by atoms with Gasteiger partial charge in [0.1, 0.15) is 5.76 Å². The fourth-order valence-electron chi connectivity index (χ4n) is 1.07. The first-order valence-electron chi connectivity index (χ1n) is 4.83. The van der Waals surface area contributed by atoms with Gasteiger partial charge < -0.3 is 9.84 Å². The first-order valence-corrected chi connectivity index (χ1v) is 4.83. The number of allylic oxidation sites excluding steroid dienone is 8. The zero-order valence-electron chi connectivity index (χ0n) is 9.86. The van der Waals surface area contributed by atoms with Crippen LogP contribution in [0.2, 0.25) is 0 Å². The zero-order chi connectivity index (χ0) is 12.6. The van der Waals surface area contributed by atoms with E-state index in [0.29, 0.717) is 11.3 Å². The predicted octanol–water partition coefficient (Wildman–Crippen LogP) is 3.83. The van der Waals surface area contributed by atoms with Crippen LogP contribution in [0, 0.1) is 0 Å². The fraction of sp³-hybridized carbons (Fsp3) is 0.143. The fourth-order valence-corrected chi connectivity index (χ4v) is 1.07. The molecule has 2 heteroatoms. The molecule has 86 valence electrons. The van der Waals surface area contributed by atoms with Crippen LogP contribution in [0.4, 0.5) is 0 Å². The van der Waals surface area contributed by atoms with Crippen LogP contribution in [0.25, 0.3) is 0 Å². The van der Waals surface area contributed by atoms with Gasteiger partial charge in [0.05, 0.1) is 12.9 Å². The highest BCUT2D eigenvalue weighted by Crippen LogP contribution is 2.18. The molecule has 0 fully saturated rings. The molecule has 0 rings (SSSR count). The second kappa shape index (κ2) is 7.35. The smallest absolute Gasteiger partial charge is 0.112 e.